The lowest BCUT2D eigenvalue weighted by Crippen LogP contribution is -2.24. The standard InChI is InChI=1S/C25H22Cl2N2O5/c1-3-16-4-8-19(9-5-16)33-15-24(30)29-28-14-17-6-11-22(23(12-17)32-2)34-25(31)20-10-7-18(26)13-21(20)27/h4-14H,3,15H2,1-2H3,(H,29,30)/b28-14+. The second kappa shape index (κ2) is 12.1. The summed E-state index contributed by atoms with van der Waals surface area (Å²) in [7, 11) is 1.44. The van der Waals surface area contributed by atoms with Crippen LogP contribution in [0.3, 0.4) is 0 Å². The molecular weight excluding hydrogens is 479 g/mol. The normalized spacial score (nSPS) is 10.7. The van der Waals surface area contributed by atoms with Crippen molar-refractivity contribution < 1.29 is 23.8 Å². The first-order chi connectivity index (χ1) is 16.4. The number of esters is 1. The van der Waals surface area contributed by atoms with E-state index >= 15 is 0 Å². The summed E-state index contributed by atoms with van der Waals surface area (Å²) < 4.78 is 16.1. The Kier molecular flexibility index (Phi) is 8.90. The van der Waals surface area contributed by atoms with Gasteiger partial charge >= 0.3 is 5.97 Å². The molecule has 0 saturated carbocycles. The Morgan fingerprint density at radius 2 is 1.76 bits per heavy atom. The molecule has 176 valence electrons. The van der Waals surface area contributed by atoms with Crippen LogP contribution in [-0.4, -0.2) is 31.8 Å². The van der Waals surface area contributed by atoms with Crippen LogP contribution in [0.5, 0.6) is 17.2 Å². The summed E-state index contributed by atoms with van der Waals surface area (Å²) in [6, 6.07) is 16.8. The highest BCUT2D eigenvalue weighted by atomic mass is 35.5. The summed E-state index contributed by atoms with van der Waals surface area (Å²) in [4.78, 5) is 24.4. The lowest BCUT2D eigenvalue weighted by Gasteiger charge is -2.10. The van der Waals surface area contributed by atoms with E-state index in [1.54, 1.807) is 24.3 Å². The first-order valence-electron chi connectivity index (χ1n) is 10.3. The van der Waals surface area contributed by atoms with Crippen LogP contribution in [0.1, 0.15) is 28.4 Å². The number of nitrogens with zero attached hydrogens (tertiary/aromatic N) is 1. The average Bonchev–Trinajstić information content (AvgIpc) is 2.83. The highest BCUT2D eigenvalue weighted by molar-refractivity contribution is 6.36. The monoisotopic (exact) mass is 500 g/mol. The van der Waals surface area contributed by atoms with Crippen LogP contribution in [0.25, 0.3) is 0 Å². The summed E-state index contributed by atoms with van der Waals surface area (Å²) in [5, 5.41) is 4.50. The summed E-state index contributed by atoms with van der Waals surface area (Å²) in [5.41, 5.74) is 4.36. The van der Waals surface area contributed by atoms with E-state index in [4.69, 9.17) is 37.4 Å². The van der Waals surface area contributed by atoms with Gasteiger partial charge in [0.05, 0.1) is 23.9 Å². The first kappa shape index (κ1) is 25.1. The molecule has 9 heteroatoms. The lowest BCUT2D eigenvalue weighted by atomic mass is 10.2. The SMILES string of the molecule is CCc1ccc(OCC(=O)N/N=C/c2ccc(OC(=O)c3ccc(Cl)cc3Cl)c(OC)c2)cc1. The fourth-order valence-corrected chi connectivity index (χ4v) is 3.33. The smallest absolute Gasteiger partial charge is 0.345 e. The molecule has 1 N–H and O–H groups in total. The Bertz CT molecular complexity index is 1200. The van der Waals surface area contributed by atoms with Gasteiger partial charge in [-0.3, -0.25) is 4.79 Å². The highest BCUT2D eigenvalue weighted by Crippen LogP contribution is 2.30. The molecule has 3 rings (SSSR count). The number of amides is 1. The van der Waals surface area contributed by atoms with Crippen LogP contribution in [0.2, 0.25) is 10.0 Å². The van der Waals surface area contributed by atoms with Crippen molar-refractivity contribution in [3.8, 4) is 17.2 Å². The molecule has 0 aliphatic heterocycles. The molecule has 0 aliphatic rings. The number of methoxy groups -OCH3 is 1. The van der Waals surface area contributed by atoms with Crippen LogP contribution in [-0.2, 0) is 11.2 Å². The summed E-state index contributed by atoms with van der Waals surface area (Å²) >= 11 is 11.9. The minimum absolute atomic E-state index is 0.171. The van der Waals surface area contributed by atoms with E-state index in [2.05, 4.69) is 17.5 Å². The van der Waals surface area contributed by atoms with Gasteiger partial charge in [0.2, 0.25) is 0 Å². The lowest BCUT2D eigenvalue weighted by molar-refractivity contribution is -0.123. The second-order valence-electron chi connectivity index (χ2n) is 7.00. The third-order valence-electron chi connectivity index (χ3n) is 4.65. The van der Waals surface area contributed by atoms with Gasteiger partial charge in [-0.25, -0.2) is 10.2 Å². The number of halogens is 2. The zero-order valence-electron chi connectivity index (χ0n) is 18.5. The van der Waals surface area contributed by atoms with Gasteiger partial charge in [-0.2, -0.15) is 5.10 Å². The third-order valence-corrected chi connectivity index (χ3v) is 5.19. The van der Waals surface area contributed by atoms with E-state index < -0.39 is 11.9 Å². The number of carbonyl (C=O) groups excluding carboxylic acids is 2. The topological polar surface area (TPSA) is 86.2 Å². The predicted molar refractivity (Wildman–Crippen MR) is 131 cm³/mol. The molecule has 1 amide bonds. The Morgan fingerprint density at radius 3 is 2.44 bits per heavy atom. The summed E-state index contributed by atoms with van der Waals surface area (Å²) in [5.74, 6) is 0.0343. The van der Waals surface area contributed by atoms with Crippen LogP contribution in [0.15, 0.2) is 65.8 Å². The van der Waals surface area contributed by atoms with Gasteiger partial charge < -0.3 is 14.2 Å². The van der Waals surface area contributed by atoms with Crippen molar-refractivity contribution in [3.63, 3.8) is 0 Å². The maximum absolute atomic E-state index is 12.5. The third kappa shape index (κ3) is 6.97. The maximum Gasteiger partial charge on any atom is 0.345 e. The molecule has 0 aromatic heterocycles. The number of hydrogen-bond donors (Lipinski definition) is 1. The second-order valence-corrected chi connectivity index (χ2v) is 7.85. The van der Waals surface area contributed by atoms with Crippen molar-refractivity contribution in [1.29, 1.82) is 0 Å². The van der Waals surface area contributed by atoms with E-state index in [9.17, 15) is 9.59 Å². The molecular formula is C25H22Cl2N2O5. The van der Waals surface area contributed by atoms with Crippen molar-refractivity contribution in [2.75, 3.05) is 13.7 Å². The molecule has 3 aromatic carbocycles. The molecule has 0 atom stereocenters. The van der Waals surface area contributed by atoms with E-state index in [0.29, 0.717) is 22.1 Å². The average molecular weight is 501 g/mol. The zero-order chi connectivity index (χ0) is 24.5. The Labute approximate surface area is 207 Å². The molecule has 3 aromatic rings. The molecule has 7 nitrogen and oxygen atoms in total. The number of benzene rings is 3. The molecule has 0 saturated heterocycles. The van der Waals surface area contributed by atoms with Gasteiger partial charge in [0, 0.05) is 5.02 Å². The fourth-order valence-electron chi connectivity index (χ4n) is 2.84. The number of ether oxygens (including phenoxy) is 3. The Balaban J connectivity index is 1.56. The molecule has 0 spiro atoms. The molecule has 0 bridgehead atoms. The van der Waals surface area contributed by atoms with E-state index in [0.717, 1.165) is 6.42 Å². The highest BCUT2D eigenvalue weighted by Gasteiger charge is 2.16. The molecule has 34 heavy (non-hydrogen) atoms. The molecule has 0 unspecified atom stereocenters. The van der Waals surface area contributed by atoms with Crippen LogP contribution >= 0.6 is 23.2 Å². The number of hydrazone groups is 1. The summed E-state index contributed by atoms with van der Waals surface area (Å²) in [6.07, 6.45) is 2.36. The van der Waals surface area contributed by atoms with E-state index in [-0.39, 0.29) is 22.9 Å². The Morgan fingerprint density at radius 1 is 1.00 bits per heavy atom. The fraction of sp³-hybridized carbons (Fsp3) is 0.160. The number of hydrogen-bond acceptors (Lipinski definition) is 6. The first-order valence-corrected chi connectivity index (χ1v) is 11.0. The quantitative estimate of drug-likeness (QED) is 0.186. The van der Waals surface area contributed by atoms with Crippen molar-refractivity contribution in [2.45, 2.75) is 13.3 Å². The summed E-state index contributed by atoms with van der Waals surface area (Å²) in [6.45, 7) is 1.89. The van der Waals surface area contributed by atoms with Gasteiger partial charge in [0.25, 0.3) is 5.91 Å². The zero-order valence-corrected chi connectivity index (χ0v) is 20.0. The number of rotatable bonds is 9. The predicted octanol–water partition coefficient (Wildman–Crippen LogP) is 5.31. The van der Waals surface area contributed by atoms with Gasteiger partial charge in [0.15, 0.2) is 18.1 Å². The largest absolute Gasteiger partial charge is 0.493 e. The van der Waals surface area contributed by atoms with Crippen molar-refractivity contribution in [3.05, 3.63) is 87.4 Å². The van der Waals surface area contributed by atoms with Gasteiger partial charge in [-0.05, 0) is 66.1 Å². The van der Waals surface area contributed by atoms with Crippen LogP contribution in [0.4, 0.5) is 0 Å². The molecule has 0 aliphatic carbocycles. The number of aryl methyl sites for hydroxylation is 1. The van der Waals surface area contributed by atoms with Gasteiger partial charge in [-0.15, -0.1) is 0 Å². The van der Waals surface area contributed by atoms with Crippen molar-refractivity contribution in [1.82, 2.24) is 5.43 Å². The van der Waals surface area contributed by atoms with Crippen LogP contribution in [0, 0.1) is 0 Å². The van der Waals surface area contributed by atoms with Gasteiger partial charge in [0.1, 0.15) is 5.75 Å². The van der Waals surface area contributed by atoms with E-state index in [1.807, 2.05) is 24.3 Å². The maximum atomic E-state index is 12.5. The van der Waals surface area contributed by atoms with Gasteiger partial charge in [-0.1, -0.05) is 42.3 Å². The molecule has 0 fully saturated rings. The Hall–Kier alpha value is -3.55. The number of nitrogens with one attached hydrogen (secondary N) is 1. The minimum Gasteiger partial charge on any atom is -0.493 e. The number of carbonyl (C=O) groups is 2. The molecule has 0 radical (unpaired) electrons. The van der Waals surface area contributed by atoms with E-state index in [1.165, 1.54) is 31.0 Å². The van der Waals surface area contributed by atoms with Crippen molar-refractivity contribution >= 4 is 41.3 Å². The molecule has 0 heterocycles. The van der Waals surface area contributed by atoms with Crippen molar-refractivity contribution in [2.24, 2.45) is 5.10 Å². The van der Waals surface area contributed by atoms with Crippen LogP contribution < -0.4 is 19.6 Å². The minimum atomic E-state index is -0.655.